The lowest BCUT2D eigenvalue weighted by Crippen LogP contribution is -2.50. The van der Waals surface area contributed by atoms with E-state index in [-0.39, 0.29) is 18.2 Å². The summed E-state index contributed by atoms with van der Waals surface area (Å²) in [6.45, 7) is 1.87. The monoisotopic (exact) mass is 473 g/mol. The Morgan fingerprint density at radius 2 is 1.85 bits per heavy atom. The van der Waals surface area contributed by atoms with E-state index in [4.69, 9.17) is 10.5 Å². The third-order valence-electron chi connectivity index (χ3n) is 5.17. The minimum atomic E-state index is -4.48. The zero-order chi connectivity index (χ0) is 24.1. The van der Waals surface area contributed by atoms with Gasteiger partial charge in [-0.15, -0.1) is 0 Å². The number of nitrogens with two attached hydrogens (primary N) is 1. The van der Waals surface area contributed by atoms with Crippen LogP contribution in [0.15, 0.2) is 54.9 Å². The van der Waals surface area contributed by atoms with E-state index < -0.39 is 17.8 Å². The van der Waals surface area contributed by atoms with E-state index in [1.165, 1.54) is 12.1 Å². The predicted molar refractivity (Wildman–Crippen MR) is 119 cm³/mol. The zero-order valence-electron chi connectivity index (χ0n) is 18.0. The van der Waals surface area contributed by atoms with Crippen LogP contribution in [0.4, 0.5) is 35.4 Å². The molecule has 4 rings (SSSR count). The molecule has 0 spiro atoms. The van der Waals surface area contributed by atoms with Crippen LogP contribution in [0, 0.1) is 0 Å². The van der Waals surface area contributed by atoms with Gasteiger partial charge in [-0.05, 0) is 36.4 Å². The molecule has 1 aliphatic rings. The van der Waals surface area contributed by atoms with Crippen molar-refractivity contribution in [3.63, 3.8) is 0 Å². The van der Waals surface area contributed by atoms with Crippen molar-refractivity contribution >= 4 is 23.5 Å². The van der Waals surface area contributed by atoms with Crippen molar-refractivity contribution in [2.75, 3.05) is 42.1 Å². The summed E-state index contributed by atoms with van der Waals surface area (Å²) in [6, 6.07) is 9.34. The molecule has 34 heavy (non-hydrogen) atoms. The van der Waals surface area contributed by atoms with Gasteiger partial charge in [0, 0.05) is 44.3 Å². The van der Waals surface area contributed by atoms with Crippen molar-refractivity contribution in [3.05, 3.63) is 66.1 Å². The first-order valence-electron chi connectivity index (χ1n) is 10.4. The third-order valence-corrected chi connectivity index (χ3v) is 5.17. The molecule has 9 nitrogen and oxygen atoms in total. The number of nitrogen functional groups attached to an aromatic ring is 1. The molecule has 3 aromatic rings. The minimum Gasteiger partial charge on any atom is -0.483 e. The normalized spacial score (nSPS) is 14.1. The Morgan fingerprint density at radius 3 is 2.59 bits per heavy atom. The van der Waals surface area contributed by atoms with Gasteiger partial charge in [0.1, 0.15) is 6.61 Å². The van der Waals surface area contributed by atoms with Crippen LogP contribution in [0.3, 0.4) is 0 Å². The number of pyridine rings is 1. The molecule has 0 atom stereocenters. The summed E-state index contributed by atoms with van der Waals surface area (Å²) in [4.78, 5) is 28.5. The summed E-state index contributed by atoms with van der Waals surface area (Å²) in [5, 5.41) is 2.54. The maximum atomic E-state index is 12.9. The molecule has 0 bridgehead atoms. The van der Waals surface area contributed by atoms with Gasteiger partial charge in [0.2, 0.25) is 5.95 Å². The number of benzene rings is 1. The smallest absolute Gasteiger partial charge is 0.416 e. The molecule has 1 fully saturated rings. The van der Waals surface area contributed by atoms with Gasteiger partial charge in [-0.3, -0.25) is 0 Å². The van der Waals surface area contributed by atoms with Crippen LogP contribution in [0.2, 0.25) is 0 Å². The van der Waals surface area contributed by atoms with E-state index in [0.717, 1.165) is 12.1 Å². The summed E-state index contributed by atoms with van der Waals surface area (Å²) in [5.74, 6) is 1.34. The topological polar surface area (TPSA) is 109 Å². The first-order valence-corrected chi connectivity index (χ1v) is 10.4. The van der Waals surface area contributed by atoms with Crippen LogP contribution in [0.25, 0.3) is 0 Å². The molecule has 0 unspecified atom stereocenters. The van der Waals surface area contributed by atoms with Crippen LogP contribution in [-0.4, -0.2) is 52.1 Å². The zero-order valence-corrected chi connectivity index (χ0v) is 18.0. The van der Waals surface area contributed by atoms with Gasteiger partial charge in [-0.1, -0.05) is 6.07 Å². The summed E-state index contributed by atoms with van der Waals surface area (Å²) >= 11 is 0. The molecule has 1 saturated heterocycles. The number of hydrogen-bond donors (Lipinski definition) is 2. The Bertz CT molecular complexity index is 1150. The highest BCUT2D eigenvalue weighted by Gasteiger charge is 2.31. The van der Waals surface area contributed by atoms with Crippen LogP contribution in [0.1, 0.15) is 11.3 Å². The Morgan fingerprint density at radius 1 is 1.06 bits per heavy atom. The second-order valence-electron chi connectivity index (χ2n) is 7.50. The van der Waals surface area contributed by atoms with E-state index in [0.29, 0.717) is 43.4 Å². The average Bonchev–Trinajstić information content (AvgIpc) is 2.83. The fourth-order valence-corrected chi connectivity index (χ4v) is 3.47. The molecule has 3 N–H and O–H groups in total. The lowest BCUT2D eigenvalue weighted by molar-refractivity contribution is -0.137. The van der Waals surface area contributed by atoms with E-state index >= 15 is 0 Å². The van der Waals surface area contributed by atoms with Gasteiger partial charge in [0.15, 0.2) is 11.6 Å². The van der Waals surface area contributed by atoms with E-state index in [1.807, 2.05) is 4.90 Å². The molecule has 2 amide bonds. The number of amides is 2. The van der Waals surface area contributed by atoms with Gasteiger partial charge in [-0.25, -0.2) is 19.7 Å². The summed E-state index contributed by atoms with van der Waals surface area (Å²) in [6.07, 6.45) is -1.28. The fourth-order valence-electron chi connectivity index (χ4n) is 3.47. The fraction of sp³-hybridized carbons (Fsp3) is 0.273. The lowest BCUT2D eigenvalue weighted by Gasteiger charge is -2.35. The quantitative estimate of drug-likeness (QED) is 0.585. The third kappa shape index (κ3) is 5.63. The molecule has 0 saturated carbocycles. The number of piperazine rings is 1. The molecular formula is C22H22F3N7O2. The van der Waals surface area contributed by atoms with Crippen LogP contribution in [0.5, 0.6) is 5.75 Å². The molecule has 2 aromatic heterocycles. The number of anilines is 3. The Labute approximate surface area is 193 Å². The number of nitrogens with zero attached hydrogens (tertiary/aromatic N) is 5. The maximum Gasteiger partial charge on any atom is 0.416 e. The second-order valence-corrected chi connectivity index (χ2v) is 7.50. The molecule has 0 aliphatic carbocycles. The van der Waals surface area contributed by atoms with Gasteiger partial charge in [0.25, 0.3) is 0 Å². The summed E-state index contributed by atoms with van der Waals surface area (Å²) < 4.78 is 44.6. The largest absolute Gasteiger partial charge is 0.483 e. The number of alkyl halides is 3. The van der Waals surface area contributed by atoms with Crippen LogP contribution >= 0.6 is 0 Å². The lowest BCUT2D eigenvalue weighted by atomic mass is 10.2. The number of carbonyl (C=O) groups excluding carboxylic acids is 1. The first kappa shape index (κ1) is 23.1. The van der Waals surface area contributed by atoms with E-state index in [9.17, 15) is 18.0 Å². The minimum absolute atomic E-state index is 0.0908. The second kappa shape index (κ2) is 9.81. The maximum absolute atomic E-state index is 12.9. The summed E-state index contributed by atoms with van der Waals surface area (Å²) in [7, 11) is 0. The number of nitrogens with one attached hydrogen (secondary N) is 1. The highest BCUT2D eigenvalue weighted by Crippen LogP contribution is 2.31. The van der Waals surface area contributed by atoms with E-state index in [2.05, 4.69) is 20.3 Å². The average molecular weight is 473 g/mol. The van der Waals surface area contributed by atoms with Crippen molar-refractivity contribution in [3.8, 4) is 5.75 Å². The van der Waals surface area contributed by atoms with Crippen LogP contribution in [-0.2, 0) is 12.8 Å². The Hall–Kier alpha value is -4.09. The number of aromatic nitrogens is 3. The molecule has 0 radical (unpaired) electrons. The number of urea groups is 1. The van der Waals surface area contributed by atoms with Crippen LogP contribution < -0.4 is 20.7 Å². The van der Waals surface area contributed by atoms with Crippen molar-refractivity contribution in [2.24, 2.45) is 0 Å². The first-order chi connectivity index (χ1) is 16.3. The summed E-state index contributed by atoms with van der Waals surface area (Å²) in [5.41, 5.74) is 5.50. The van der Waals surface area contributed by atoms with Gasteiger partial charge in [0.05, 0.1) is 11.3 Å². The van der Waals surface area contributed by atoms with Crippen molar-refractivity contribution in [2.45, 2.75) is 12.8 Å². The van der Waals surface area contributed by atoms with E-state index in [1.54, 1.807) is 35.5 Å². The number of rotatable bonds is 5. The van der Waals surface area contributed by atoms with Crippen molar-refractivity contribution < 1.29 is 22.7 Å². The van der Waals surface area contributed by atoms with Gasteiger partial charge in [-0.2, -0.15) is 13.2 Å². The Balaban J connectivity index is 1.35. The van der Waals surface area contributed by atoms with Gasteiger partial charge < -0.3 is 25.6 Å². The van der Waals surface area contributed by atoms with Gasteiger partial charge >= 0.3 is 12.2 Å². The molecule has 178 valence electrons. The van der Waals surface area contributed by atoms with Crippen molar-refractivity contribution in [1.82, 2.24) is 19.9 Å². The number of halogens is 3. The number of ether oxygens (including phenoxy) is 1. The highest BCUT2D eigenvalue weighted by atomic mass is 19.4. The Kier molecular flexibility index (Phi) is 6.66. The molecule has 3 heterocycles. The van der Waals surface area contributed by atoms with Crippen molar-refractivity contribution in [1.29, 1.82) is 0 Å². The highest BCUT2D eigenvalue weighted by molar-refractivity contribution is 5.89. The molecule has 1 aromatic carbocycles. The predicted octanol–water partition coefficient (Wildman–Crippen LogP) is 3.41. The standard InChI is InChI=1S/C22H22F3N7O2/c23-22(24,25)15-3-1-4-16(13-15)30-21(33)32-11-9-31(10-12-32)19-18(5-2-7-27-19)34-14-17-6-8-28-20(26)29-17/h1-8,13H,9-12,14H2,(H,30,33)(H2,26,28,29). The molecule has 12 heteroatoms. The number of carbonyl (C=O) groups is 1. The number of hydrogen-bond acceptors (Lipinski definition) is 7. The SMILES string of the molecule is Nc1nccc(COc2cccnc2N2CCN(C(=O)Nc3cccc(C(F)(F)F)c3)CC2)n1. The molecular weight excluding hydrogens is 451 g/mol. The molecule has 1 aliphatic heterocycles.